The highest BCUT2D eigenvalue weighted by atomic mass is 32.1. The van der Waals surface area contributed by atoms with E-state index in [0.29, 0.717) is 12.0 Å². The molecule has 0 aromatic rings. The Labute approximate surface area is 98.8 Å². The number of hydrogen-bond acceptors (Lipinski definition) is 2. The van der Waals surface area contributed by atoms with Crippen LogP contribution in [0.5, 0.6) is 0 Å². The molecular weight excluding hydrogens is 206 g/mol. The third kappa shape index (κ3) is 3.13. The molecule has 0 N–H and O–H groups in total. The number of rotatable bonds is 2. The van der Waals surface area contributed by atoms with E-state index in [0.717, 1.165) is 25.3 Å². The first kappa shape index (κ1) is 12.9. The van der Waals surface area contributed by atoms with Gasteiger partial charge in [-0.25, -0.2) is 0 Å². The SMILES string of the molecule is CC1CCN(C(=O)C(S)C(C)C)C(C)C1. The van der Waals surface area contributed by atoms with Crippen LogP contribution >= 0.6 is 12.6 Å². The number of hydrogen-bond donors (Lipinski definition) is 1. The van der Waals surface area contributed by atoms with Gasteiger partial charge < -0.3 is 4.90 Å². The van der Waals surface area contributed by atoms with Gasteiger partial charge in [-0.3, -0.25) is 4.79 Å². The average molecular weight is 229 g/mol. The molecular formula is C12H23NOS. The molecule has 1 rings (SSSR count). The first-order valence-corrected chi connectivity index (χ1v) is 6.43. The third-order valence-electron chi connectivity index (χ3n) is 3.31. The highest BCUT2D eigenvalue weighted by molar-refractivity contribution is 7.81. The predicted octanol–water partition coefficient (Wildman–Crippen LogP) is 2.59. The highest BCUT2D eigenvalue weighted by Gasteiger charge is 2.30. The third-order valence-corrected chi connectivity index (χ3v) is 4.12. The van der Waals surface area contributed by atoms with Crippen LogP contribution in [0.15, 0.2) is 0 Å². The topological polar surface area (TPSA) is 20.3 Å². The second-order valence-corrected chi connectivity index (χ2v) is 5.76. The molecule has 0 spiro atoms. The van der Waals surface area contributed by atoms with Gasteiger partial charge in [0.25, 0.3) is 0 Å². The Bertz CT molecular complexity index is 230. The number of piperidine rings is 1. The quantitative estimate of drug-likeness (QED) is 0.722. The van der Waals surface area contributed by atoms with Crippen molar-refractivity contribution in [3.8, 4) is 0 Å². The monoisotopic (exact) mass is 229 g/mol. The fraction of sp³-hybridized carbons (Fsp3) is 0.917. The van der Waals surface area contributed by atoms with Crippen molar-refractivity contribution in [2.45, 2.75) is 51.8 Å². The number of thiol groups is 1. The van der Waals surface area contributed by atoms with Crippen LogP contribution in [0.1, 0.15) is 40.5 Å². The molecule has 3 atom stereocenters. The van der Waals surface area contributed by atoms with Crippen LogP contribution in [0.3, 0.4) is 0 Å². The Morgan fingerprint density at radius 1 is 1.40 bits per heavy atom. The van der Waals surface area contributed by atoms with Crippen LogP contribution < -0.4 is 0 Å². The minimum Gasteiger partial charge on any atom is -0.339 e. The van der Waals surface area contributed by atoms with Crippen molar-refractivity contribution in [2.75, 3.05) is 6.54 Å². The molecule has 0 aromatic carbocycles. The molecule has 0 aliphatic carbocycles. The van der Waals surface area contributed by atoms with Gasteiger partial charge in [0, 0.05) is 12.6 Å². The lowest BCUT2D eigenvalue weighted by Crippen LogP contribution is -2.48. The molecule has 1 amide bonds. The summed E-state index contributed by atoms with van der Waals surface area (Å²) in [6, 6.07) is 0.384. The number of carbonyl (C=O) groups excluding carboxylic acids is 1. The largest absolute Gasteiger partial charge is 0.339 e. The highest BCUT2D eigenvalue weighted by Crippen LogP contribution is 2.24. The maximum atomic E-state index is 12.1. The second kappa shape index (κ2) is 5.24. The Balaban J connectivity index is 2.60. The molecule has 1 aliphatic heterocycles. The Kier molecular flexibility index (Phi) is 4.50. The first-order valence-electron chi connectivity index (χ1n) is 5.92. The van der Waals surface area contributed by atoms with E-state index in [1.807, 2.05) is 18.7 Å². The smallest absolute Gasteiger partial charge is 0.235 e. The molecule has 15 heavy (non-hydrogen) atoms. The molecule has 1 heterocycles. The summed E-state index contributed by atoms with van der Waals surface area (Å²) in [7, 11) is 0. The average Bonchev–Trinajstić information content (AvgIpc) is 2.15. The van der Waals surface area contributed by atoms with Crippen molar-refractivity contribution >= 4 is 18.5 Å². The van der Waals surface area contributed by atoms with Gasteiger partial charge in [-0.15, -0.1) is 0 Å². The van der Waals surface area contributed by atoms with Crippen LogP contribution in [0.4, 0.5) is 0 Å². The predicted molar refractivity (Wildman–Crippen MR) is 67.2 cm³/mol. The van der Waals surface area contributed by atoms with Gasteiger partial charge in [-0.1, -0.05) is 20.8 Å². The molecule has 3 unspecified atom stereocenters. The maximum absolute atomic E-state index is 12.1. The van der Waals surface area contributed by atoms with Crippen LogP contribution in [-0.2, 0) is 4.79 Å². The summed E-state index contributed by atoms with van der Waals surface area (Å²) in [5.74, 6) is 1.28. The number of nitrogens with zero attached hydrogens (tertiary/aromatic N) is 1. The standard InChI is InChI=1S/C12H23NOS/c1-8(2)11(15)12(14)13-6-5-9(3)7-10(13)4/h8-11,15H,5-7H2,1-4H3. The van der Waals surface area contributed by atoms with Crippen molar-refractivity contribution in [2.24, 2.45) is 11.8 Å². The molecule has 0 radical (unpaired) electrons. The van der Waals surface area contributed by atoms with Gasteiger partial charge in [-0.05, 0) is 31.6 Å². The lowest BCUT2D eigenvalue weighted by molar-refractivity contribution is -0.135. The van der Waals surface area contributed by atoms with Crippen LogP contribution in [0.2, 0.25) is 0 Å². The van der Waals surface area contributed by atoms with E-state index in [1.54, 1.807) is 0 Å². The van der Waals surface area contributed by atoms with E-state index in [-0.39, 0.29) is 11.2 Å². The summed E-state index contributed by atoms with van der Waals surface area (Å²) in [6.07, 6.45) is 2.26. The fourth-order valence-electron chi connectivity index (χ4n) is 2.19. The van der Waals surface area contributed by atoms with E-state index in [9.17, 15) is 4.79 Å². The Morgan fingerprint density at radius 3 is 2.47 bits per heavy atom. The van der Waals surface area contributed by atoms with Crippen molar-refractivity contribution in [3.05, 3.63) is 0 Å². The number of likely N-dealkylation sites (tertiary alicyclic amines) is 1. The molecule has 3 heteroatoms. The summed E-state index contributed by atoms with van der Waals surface area (Å²) < 4.78 is 0. The number of amides is 1. The van der Waals surface area contributed by atoms with Crippen molar-refractivity contribution in [3.63, 3.8) is 0 Å². The van der Waals surface area contributed by atoms with E-state index in [4.69, 9.17) is 0 Å². The van der Waals surface area contributed by atoms with Crippen LogP contribution in [0.25, 0.3) is 0 Å². The Hall–Kier alpha value is -0.180. The maximum Gasteiger partial charge on any atom is 0.235 e. The molecule has 0 bridgehead atoms. The molecule has 1 saturated heterocycles. The summed E-state index contributed by atoms with van der Waals surface area (Å²) in [5, 5.41) is -0.138. The molecule has 88 valence electrons. The van der Waals surface area contributed by atoms with Crippen molar-refractivity contribution in [1.82, 2.24) is 4.90 Å². The summed E-state index contributed by atoms with van der Waals surface area (Å²) in [5.41, 5.74) is 0. The van der Waals surface area contributed by atoms with Gasteiger partial charge in [0.15, 0.2) is 0 Å². The summed E-state index contributed by atoms with van der Waals surface area (Å²) in [4.78, 5) is 14.1. The zero-order chi connectivity index (χ0) is 11.6. The van der Waals surface area contributed by atoms with Gasteiger partial charge in [-0.2, -0.15) is 12.6 Å². The van der Waals surface area contributed by atoms with Gasteiger partial charge in [0.2, 0.25) is 5.91 Å². The first-order chi connectivity index (χ1) is 6.93. The minimum absolute atomic E-state index is 0.138. The molecule has 2 nitrogen and oxygen atoms in total. The van der Waals surface area contributed by atoms with Crippen molar-refractivity contribution in [1.29, 1.82) is 0 Å². The zero-order valence-electron chi connectivity index (χ0n) is 10.2. The van der Waals surface area contributed by atoms with Crippen LogP contribution in [0, 0.1) is 11.8 Å². The normalized spacial score (nSPS) is 29.3. The van der Waals surface area contributed by atoms with Crippen LogP contribution in [-0.4, -0.2) is 28.6 Å². The van der Waals surface area contributed by atoms with E-state index < -0.39 is 0 Å². The molecule has 1 fully saturated rings. The summed E-state index contributed by atoms with van der Waals surface area (Å²) in [6.45, 7) is 9.41. The van der Waals surface area contributed by atoms with Gasteiger partial charge in [0.1, 0.15) is 0 Å². The lowest BCUT2D eigenvalue weighted by atomic mass is 9.92. The lowest BCUT2D eigenvalue weighted by Gasteiger charge is -2.38. The molecule has 0 aromatic heterocycles. The molecule has 1 aliphatic rings. The van der Waals surface area contributed by atoms with E-state index in [1.165, 1.54) is 0 Å². The fourth-order valence-corrected chi connectivity index (χ4v) is 2.34. The Morgan fingerprint density at radius 2 is 2.00 bits per heavy atom. The van der Waals surface area contributed by atoms with E-state index >= 15 is 0 Å². The zero-order valence-corrected chi connectivity index (χ0v) is 11.1. The van der Waals surface area contributed by atoms with Gasteiger partial charge >= 0.3 is 0 Å². The molecule has 0 saturated carbocycles. The van der Waals surface area contributed by atoms with Crippen molar-refractivity contribution < 1.29 is 4.79 Å². The van der Waals surface area contributed by atoms with E-state index in [2.05, 4.69) is 26.5 Å². The van der Waals surface area contributed by atoms with Gasteiger partial charge in [0.05, 0.1) is 5.25 Å². The second-order valence-electron chi connectivity index (χ2n) is 5.20. The minimum atomic E-state index is -0.138. The number of carbonyl (C=O) groups is 1. The summed E-state index contributed by atoms with van der Waals surface area (Å²) >= 11 is 4.40.